The fourth-order valence-corrected chi connectivity index (χ4v) is 2.30. The lowest BCUT2D eigenvalue weighted by atomic mass is 10.2. The zero-order valence-electron chi connectivity index (χ0n) is 10.1. The number of nitrogens with two attached hydrogens (primary N) is 1. The highest BCUT2D eigenvalue weighted by Crippen LogP contribution is 2.29. The SMILES string of the molecule is COc1ccc(Nc2nc(C)c(C)s2)cc1N. The van der Waals surface area contributed by atoms with Gasteiger partial charge in [-0.2, -0.15) is 0 Å². The maximum Gasteiger partial charge on any atom is 0.187 e. The van der Waals surface area contributed by atoms with Gasteiger partial charge in [-0.05, 0) is 32.0 Å². The van der Waals surface area contributed by atoms with E-state index in [0.717, 1.165) is 16.5 Å². The van der Waals surface area contributed by atoms with Crippen molar-refractivity contribution in [1.82, 2.24) is 4.98 Å². The predicted octanol–water partition coefficient (Wildman–Crippen LogP) is 3.09. The van der Waals surface area contributed by atoms with Gasteiger partial charge in [-0.25, -0.2) is 4.98 Å². The van der Waals surface area contributed by atoms with Crippen LogP contribution in [0.5, 0.6) is 5.75 Å². The topological polar surface area (TPSA) is 60.2 Å². The number of nitrogens with one attached hydrogen (secondary N) is 1. The molecule has 0 aliphatic rings. The Hall–Kier alpha value is -1.75. The molecule has 0 saturated carbocycles. The van der Waals surface area contributed by atoms with Gasteiger partial charge < -0.3 is 15.8 Å². The summed E-state index contributed by atoms with van der Waals surface area (Å²) in [5.74, 6) is 0.682. The molecule has 1 aromatic heterocycles. The van der Waals surface area contributed by atoms with Gasteiger partial charge in [0.15, 0.2) is 5.13 Å². The van der Waals surface area contributed by atoms with Crippen molar-refractivity contribution in [3.05, 3.63) is 28.8 Å². The first kappa shape index (κ1) is 11.7. The van der Waals surface area contributed by atoms with Crippen molar-refractivity contribution in [1.29, 1.82) is 0 Å². The van der Waals surface area contributed by atoms with Crippen molar-refractivity contribution in [3.8, 4) is 5.75 Å². The van der Waals surface area contributed by atoms with Gasteiger partial charge in [-0.3, -0.25) is 0 Å². The third-order valence-electron chi connectivity index (χ3n) is 2.51. The van der Waals surface area contributed by atoms with Gasteiger partial charge in [-0.15, -0.1) is 11.3 Å². The number of hydrogen-bond acceptors (Lipinski definition) is 5. The normalized spacial score (nSPS) is 10.3. The van der Waals surface area contributed by atoms with E-state index in [9.17, 15) is 0 Å². The number of ether oxygens (including phenoxy) is 1. The number of nitrogens with zero attached hydrogens (tertiary/aromatic N) is 1. The van der Waals surface area contributed by atoms with Gasteiger partial charge >= 0.3 is 0 Å². The molecule has 17 heavy (non-hydrogen) atoms. The van der Waals surface area contributed by atoms with Crippen molar-refractivity contribution in [2.45, 2.75) is 13.8 Å². The lowest BCUT2D eigenvalue weighted by Gasteiger charge is -2.07. The summed E-state index contributed by atoms with van der Waals surface area (Å²) in [5, 5.41) is 4.11. The third-order valence-corrected chi connectivity index (χ3v) is 3.50. The van der Waals surface area contributed by atoms with Crippen LogP contribution in [0, 0.1) is 13.8 Å². The molecule has 1 aromatic carbocycles. The molecule has 2 aromatic rings. The summed E-state index contributed by atoms with van der Waals surface area (Å²) in [5.41, 5.74) is 8.42. The Morgan fingerprint density at radius 3 is 2.65 bits per heavy atom. The van der Waals surface area contributed by atoms with Crippen LogP contribution in [0.4, 0.5) is 16.5 Å². The van der Waals surface area contributed by atoms with E-state index in [1.165, 1.54) is 4.88 Å². The number of thiazole rings is 1. The molecule has 1 heterocycles. The molecule has 5 heteroatoms. The van der Waals surface area contributed by atoms with E-state index in [1.54, 1.807) is 18.4 Å². The van der Waals surface area contributed by atoms with Crippen molar-refractivity contribution in [2.75, 3.05) is 18.2 Å². The summed E-state index contributed by atoms with van der Waals surface area (Å²) >= 11 is 1.63. The second-order valence-corrected chi connectivity index (χ2v) is 4.95. The molecule has 0 radical (unpaired) electrons. The molecule has 90 valence electrons. The van der Waals surface area contributed by atoms with Crippen LogP contribution in [-0.4, -0.2) is 12.1 Å². The molecule has 0 aliphatic carbocycles. The maximum atomic E-state index is 5.84. The summed E-state index contributed by atoms with van der Waals surface area (Å²) in [4.78, 5) is 5.63. The minimum atomic E-state index is 0.613. The number of hydrogen-bond donors (Lipinski definition) is 2. The Bertz CT molecular complexity index is 517. The molecule has 0 fully saturated rings. The van der Waals surface area contributed by atoms with Crippen LogP contribution in [0.2, 0.25) is 0 Å². The van der Waals surface area contributed by atoms with Crippen LogP contribution < -0.4 is 15.8 Å². The number of anilines is 3. The Balaban J connectivity index is 2.21. The quantitative estimate of drug-likeness (QED) is 0.821. The van der Waals surface area contributed by atoms with Crippen LogP contribution >= 0.6 is 11.3 Å². The first-order valence-electron chi connectivity index (χ1n) is 5.24. The van der Waals surface area contributed by atoms with Crippen LogP contribution in [-0.2, 0) is 0 Å². The molecule has 2 rings (SSSR count). The van der Waals surface area contributed by atoms with Crippen molar-refractivity contribution >= 4 is 27.8 Å². The van der Waals surface area contributed by atoms with Gasteiger partial charge in [0, 0.05) is 10.6 Å². The van der Waals surface area contributed by atoms with Crippen molar-refractivity contribution in [3.63, 3.8) is 0 Å². The molecular formula is C12H15N3OS. The monoisotopic (exact) mass is 249 g/mol. The smallest absolute Gasteiger partial charge is 0.187 e. The number of methoxy groups -OCH3 is 1. The van der Waals surface area contributed by atoms with E-state index in [0.29, 0.717) is 11.4 Å². The molecule has 3 N–H and O–H groups in total. The summed E-state index contributed by atoms with van der Waals surface area (Å²) in [6, 6.07) is 5.59. The second-order valence-electron chi connectivity index (χ2n) is 3.74. The van der Waals surface area contributed by atoms with E-state index in [1.807, 2.05) is 25.1 Å². The summed E-state index contributed by atoms with van der Waals surface area (Å²) in [6.07, 6.45) is 0. The van der Waals surface area contributed by atoms with Gasteiger partial charge in [0.25, 0.3) is 0 Å². The van der Waals surface area contributed by atoms with E-state index >= 15 is 0 Å². The van der Waals surface area contributed by atoms with Crippen LogP contribution in [0.25, 0.3) is 0 Å². The summed E-state index contributed by atoms with van der Waals surface area (Å²) in [7, 11) is 1.60. The maximum absolute atomic E-state index is 5.84. The minimum absolute atomic E-state index is 0.613. The highest BCUT2D eigenvalue weighted by atomic mass is 32.1. The zero-order valence-corrected chi connectivity index (χ0v) is 10.9. The number of aromatic nitrogens is 1. The summed E-state index contributed by atoms with van der Waals surface area (Å²) < 4.78 is 5.11. The zero-order chi connectivity index (χ0) is 12.4. The Kier molecular flexibility index (Phi) is 3.19. The van der Waals surface area contributed by atoms with E-state index in [2.05, 4.69) is 17.2 Å². The average molecular weight is 249 g/mol. The lowest BCUT2D eigenvalue weighted by molar-refractivity contribution is 0.417. The highest BCUT2D eigenvalue weighted by Gasteiger charge is 2.05. The van der Waals surface area contributed by atoms with Gasteiger partial charge in [-0.1, -0.05) is 0 Å². The van der Waals surface area contributed by atoms with Gasteiger partial charge in [0.2, 0.25) is 0 Å². The molecular weight excluding hydrogens is 234 g/mol. The molecule has 4 nitrogen and oxygen atoms in total. The molecule has 0 amide bonds. The first-order valence-corrected chi connectivity index (χ1v) is 6.06. The fraction of sp³-hybridized carbons (Fsp3) is 0.250. The van der Waals surface area contributed by atoms with Crippen LogP contribution in [0.15, 0.2) is 18.2 Å². The molecule has 0 saturated heterocycles. The number of nitrogen functional groups attached to an aromatic ring is 1. The van der Waals surface area contributed by atoms with E-state index < -0.39 is 0 Å². The number of benzene rings is 1. The Morgan fingerprint density at radius 1 is 1.35 bits per heavy atom. The van der Waals surface area contributed by atoms with Crippen molar-refractivity contribution < 1.29 is 4.74 Å². The largest absolute Gasteiger partial charge is 0.495 e. The highest BCUT2D eigenvalue weighted by molar-refractivity contribution is 7.15. The van der Waals surface area contributed by atoms with Crippen molar-refractivity contribution in [2.24, 2.45) is 0 Å². The first-order chi connectivity index (χ1) is 8.10. The Labute approximate surface area is 104 Å². The van der Waals surface area contributed by atoms with E-state index in [-0.39, 0.29) is 0 Å². The Morgan fingerprint density at radius 2 is 2.12 bits per heavy atom. The molecule has 0 unspecified atom stereocenters. The third kappa shape index (κ3) is 2.50. The van der Waals surface area contributed by atoms with Crippen LogP contribution in [0.1, 0.15) is 10.6 Å². The standard InChI is InChI=1S/C12H15N3OS/c1-7-8(2)17-12(14-7)15-9-4-5-11(16-3)10(13)6-9/h4-6H,13H2,1-3H3,(H,14,15). The molecule has 0 spiro atoms. The fourth-order valence-electron chi connectivity index (χ4n) is 1.46. The second kappa shape index (κ2) is 4.63. The molecule has 0 atom stereocenters. The molecule has 0 aliphatic heterocycles. The van der Waals surface area contributed by atoms with Gasteiger partial charge in [0.05, 0.1) is 18.5 Å². The van der Waals surface area contributed by atoms with Gasteiger partial charge in [0.1, 0.15) is 5.75 Å². The lowest BCUT2D eigenvalue weighted by Crippen LogP contribution is -1.95. The number of aryl methyl sites for hydroxylation is 2. The number of rotatable bonds is 3. The van der Waals surface area contributed by atoms with E-state index in [4.69, 9.17) is 10.5 Å². The predicted molar refractivity (Wildman–Crippen MR) is 72.3 cm³/mol. The molecule has 0 bridgehead atoms. The minimum Gasteiger partial charge on any atom is -0.495 e. The average Bonchev–Trinajstić information content (AvgIpc) is 2.58. The van der Waals surface area contributed by atoms with Crippen LogP contribution in [0.3, 0.4) is 0 Å². The summed E-state index contributed by atoms with van der Waals surface area (Å²) in [6.45, 7) is 4.06.